The van der Waals surface area contributed by atoms with Crippen molar-refractivity contribution in [3.8, 4) is 0 Å². The third-order valence-electron chi connectivity index (χ3n) is 5.76. The third-order valence-corrected chi connectivity index (χ3v) is 5.76. The average molecular weight is 386 g/mol. The fraction of sp³-hybridized carbons (Fsp3) is 0.409. The van der Waals surface area contributed by atoms with Crippen LogP contribution in [0.1, 0.15) is 20.3 Å². The Balaban J connectivity index is 1.63. The highest BCUT2D eigenvalue weighted by Gasteiger charge is 2.34. The summed E-state index contributed by atoms with van der Waals surface area (Å²) in [6.45, 7) is 5.24. The van der Waals surface area contributed by atoms with Crippen molar-refractivity contribution in [1.82, 2.24) is 9.47 Å². The molecule has 0 aliphatic carbocycles. The standard InChI is InChI=1S/C22H24F2N2O2/c1-13(2)17-7-8-25(22(17)28)11-16(27)12-26-20-5-3-14(23)9-18(20)19-10-15(24)4-6-21(19)26/h3-6,9-10,13,16-17,27H,7-8,11-12H2,1-2H3. The minimum atomic E-state index is -0.774. The number of likely N-dealkylation sites (tertiary alicyclic amines) is 1. The van der Waals surface area contributed by atoms with Crippen LogP contribution in [0.15, 0.2) is 36.4 Å². The number of aliphatic hydroxyl groups is 1. The summed E-state index contributed by atoms with van der Waals surface area (Å²) in [6, 6.07) is 8.78. The van der Waals surface area contributed by atoms with Gasteiger partial charge in [-0.15, -0.1) is 0 Å². The molecule has 0 bridgehead atoms. The number of hydrogen-bond donors (Lipinski definition) is 1. The Hall–Kier alpha value is -2.47. The Morgan fingerprint density at radius 3 is 2.11 bits per heavy atom. The maximum absolute atomic E-state index is 13.8. The number of rotatable bonds is 5. The first-order chi connectivity index (χ1) is 13.3. The zero-order valence-electron chi connectivity index (χ0n) is 16.0. The molecule has 1 fully saturated rings. The first-order valence-electron chi connectivity index (χ1n) is 9.69. The smallest absolute Gasteiger partial charge is 0.226 e. The van der Waals surface area contributed by atoms with Crippen LogP contribution in [0.25, 0.3) is 21.8 Å². The second kappa shape index (κ2) is 7.17. The maximum atomic E-state index is 13.8. The molecule has 1 amide bonds. The van der Waals surface area contributed by atoms with E-state index in [1.807, 2.05) is 18.4 Å². The number of carbonyl (C=O) groups is 1. The van der Waals surface area contributed by atoms with Crippen LogP contribution in [0.4, 0.5) is 8.78 Å². The number of hydrogen-bond acceptors (Lipinski definition) is 2. The summed E-state index contributed by atoms with van der Waals surface area (Å²) in [5.41, 5.74) is 1.46. The van der Waals surface area contributed by atoms with Gasteiger partial charge in [-0.3, -0.25) is 4.79 Å². The third kappa shape index (κ3) is 3.26. The number of aliphatic hydroxyl groups excluding tert-OH is 1. The Bertz CT molecular complexity index is 985. The predicted octanol–water partition coefficient (Wildman–Crippen LogP) is 3.94. The number of fused-ring (bicyclic) bond motifs is 3. The van der Waals surface area contributed by atoms with Crippen LogP contribution in [0, 0.1) is 23.5 Å². The minimum absolute atomic E-state index is 0.0198. The van der Waals surface area contributed by atoms with E-state index in [9.17, 15) is 18.7 Å². The summed E-state index contributed by atoms with van der Waals surface area (Å²) < 4.78 is 29.4. The zero-order chi connectivity index (χ0) is 20.0. The van der Waals surface area contributed by atoms with Crippen molar-refractivity contribution in [3.63, 3.8) is 0 Å². The molecule has 4 rings (SSSR count). The van der Waals surface area contributed by atoms with Crippen LogP contribution >= 0.6 is 0 Å². The van der Waals surface area contributed by atoms with E-state index in [2.05, 4.69) is 0 Å². The summed E-state index contributed by atoms with van der Waals surface area (Å²) in [5.74, 6) is -0.374. The average Bonchev–Trinajstić information content (AvgIpc) is 3.13. The number of carbonyl (C=O) groups excluding carboxylic acids is 1. The van der Waals surface area contributed by atoms with E-state index in [4.69, 9.17) is 0 Å². The van der Waals surface area contributed by atoms with Crippen molar-refractivity contribution in [2.45, 2.75) is 32.9 Å². The number of halogens is 2. The molecule has 1 aliphatic heterocycles. The molecule has 0 saturated carbocycles. The van der Waals surface area contributed by atoms with E-state index in [-0.39, 0.29) is 30.8 Å². The molecule has 1 saturated heterocycles. The van der Waals surface area contributed by atoms with Gasteiger partial charge in [0.2, 0.25) is 5.91 Å². The van der Waals surface area contributed by atoms with Gasteiger partial charge in [0.15, 0.2) is 0 Å². The molecule has 4 nitrogen and oxygen atoms in total. The summed E-state index contributed by atoms with van der Waals surface area (Å²) in [6.07, 6.45) is 0.0423. The Labute approximate surface area is 162 Å². The molecule has 148 valence electrons. The lowest BCUT2D eigenvalue weighted by atomic mass is 9.95. The van der Waals surface area contributed by atoms with Crippen LogP contribution in [0.3, 0.4) is 0 Å². The fourth-order valence-corrected chi connectivity index (χ4v) is 4.33. The molecule has 3 aromatic rings. The summed E-state index contributed by atoms with van der Waals surface area (Å²) in [4.78, 5) is 14.2. The number of β-amino-alcohol motifs (C(OH)–C–C–N with tert-alkyl or cyclic N) is 1. The highest BCUT2D eigenvalue weighted by atomic mass is 19.1. The quantitative estimate of drug-likeness (QED) is 0.722. The molecule has 2 heterocycles. The van der Waals surface area contributed by atoms with Crippen molar-refractivity contribution in [1.29, 1.82) is 0 Å². The normalized spacial score (nSPS) is 18.7. The maximum Gasteiger partial charge on any atom is 0.226 e. The lowest BCUT2D eigenvalue weighted by Gasteiger charge is -2.22. The SMILES string of the molecule is CC(C)C1CCN(CC(O)Cn2c3ccc(F)cc3c3cc(F)ccc32)C1=O. The molecule has 28 heavy (non-hydrogen) atoms. The van der Waals surface area contributed by atoms with Gasteiger partial charge in [0.05, 0.1) is 12.6 Å². The van der Waals surface area contributed by atoms with Crippen LogP contribution in [0.5, 0.6) is 0 Å². The molecule has 2 atom stereocenters. The number of amides is 1. The van der Waals surface area contributed by atoms with Crippen molar-refractivity contribution < 1.29 is 18.7 Å². The lowest BCUT2D eigenvalue weighted by molar-refractivity contribution is -0.133. The van der Waals surface area contributed by atoms with Gasteiger partial charge in [-0.2, -0.15) is 0 Å². The Morgan fingerprint density at radius 1 is 1.04 bits per heavy atom. The molecule has 0 radical (unpaired) electrons. The van der Waals surface area contributed by atoms with Gasteiger partial charge in [-0.05, 0) is 48.7 Å². The highest BCUT2D eigenvalue weighted by molar-refractivity contribution is 6.08. The van der Waals surface area contributed by atoms with E-state index in [1.54, 1.807) is 17.0 Å². The first-order valence-corrected chi connectivity index (χ1v) is 9.69. The zero-order valence-corrected chi connectivity index (χ0v) is 16.0. The van der Waals surface area contributed by atoms with Crippen molar-refractivity contribution >= 4 is 27.7 Å². The highest BCUT2D eigenvalue weighted by Crippen LogP contribution is 2.31. The van der Waals surface area contributed by atoms with Gasteiger partial charge in [0.1, 0.15) is 11.6 Å². The number of nitrogens with zero attached hydrogens (tertiary/aromatic N) is 2. The van der Waals surface area contributed by atoms with Crippen molar-refractivity contribution in [2.75, 3.05) is 13.1 Å². The van der Waals surface area contributed by atoms with Gasteiger partial charge < -0.3 is 14.6 Å². The molecule has 1 aliphatic rings. The van der Waals surface area contributed by atoms with Crippen molar-refractivity contribution in [2.24, 2.45) is 11.8 Å². The summed E-state index contributed by atoms with van der Waals surface area (Å²) in [5, 5.41) is 11.9. The Morgan fingerprint density at radius 2 is 1.61 bits per heavy atom. The fourth-order valence-electron chi connectivity index (χ4n) is 4.33. The van der Waals surface area contributed by atoms with Crippen LogP contribution in [-0.4, -0.2) is 39.7 Å². The molecule has 1 N–H and O–H groups in total. The monoisotopic (exact) mass is 386 g/mol. The summed E-state index contributed by atoms with van der Waals surface area (Å²) in [7, 11) is 0. The van der Waals surface area contributed by atoms with E-state index < -0.39 is 17.7 Å². The van der Waals surface area contributed by atoms with Gasteiger partial charge in [0, 0.05) is 40.8 Å². The number of aromatic nitrogens is 1. The predicted molar refractivity (Wildman–Crippen MR) is 105 cm³/mol. The van der Waals surface area contributed by atoms with Gasteiger partial charge in [-0.1, -0.05) is 13.8 Å². The molecule has 2 aromatic carbocycles. The van der Waals surface area contributed by atoms with E-state index >= 15 is 0 Å². The van der Waals surface area contributed by atoms with Gasteiger partial charge in [-0.25, -0.2) is 8.78 Å². The minimum Gasteiger partial charge on any atom is -0.389 e. The molecular weight excluding hydrogens is 362 g/mol. The lowest BCUT2D eigenvalue weighted by Crippen LogP contribution is -2.37. The number of benzene rings is 2. The molecule has 1 aromatic heterocycles. The van der Waals surface area contributed by atoms with Crippen LogP contribution < -0.4 is 0 Å². The van der Waals surface area contributed by atoms with E-state index in [0.717, 1.165) is 17.5 Å². The molecular formula is C22H24F2N2O2. The topological polar surface area (TPSA) is 45.5 Å². The molecule has 6 heteroatoms. The largest absolute Gasteiger partial charge is 0.389 e. The molecule has 2 unspecified atom stereocenters. The van der Waals surface area contributed by atoms with Crippen LogP contribution in [0.2, 0.25) is 0 Å². The summed E-state index contributed by atoms with van der Waals surface area (Å²) >= 11 is 0. The van der Waals surface area contributed by atoms with Gasteiger partial charge >= 0.3 is 0 Å². The Kier molecular flexibility index (Phi) is 4.83. The van der Waals surface area contributed by atoms with Crippen LogP contribution in [-0.2, 0) is 11.3 Å². The second-order valence-electron chi connectivity index (χ2n) is 8.01. The first kappa shape index (κ1) is 18.9. The second-order valence-corrected chi connectivity index (χ2v) is 8.01. The molecule has 0 spiro atoms. The van der Waals surface area contributed by atoms with E-state index in [0.29, 0.717) is 17.3 Å². The van der Waals surface area contributed by atoms with Crippen molar-refractivity contribution in [3.05, 3.63) is 48.0 Å². The van der Waals surface area contributed by atoms with Gasteiger partial charge in [0.25, 0.3) is 0 Å². The van der Waals surface area contributed by atoms with E-state index in [1.165, 1.54) is 24.3 Å².